The summed E-state index contributed by atoms with van der Waals surface area (Å²) < 4.78 is 5.69. The lowest BCUT2D eigenvalue weighted by Gasteiger charge is -2.27. The highest BCUT2D eigenvalue weighted by Crippen LogP contribution is 2.43. The second kappa shape index (κ2) is 8.24. The molecule has 1 atom stereocenters. The number of ketones is 1. The van der Waals surface area contributed by atoms with Crippen molar-refractivity contribution in [3.8, 4) is 5.75 Å². The highest BCUT2D eigenvalue weighted by Gasteiger charge is 2.47. The van der Waals surface area contributed by atoms with Crippen LogP contribution < -0.4 is 9.64 Å². The number of fused-ring (bicyclic) bond motifs is 1. The van der Waals surface area contributed by atoms with Crippen molar-refractivity contribution >= 4 is 23.1 Å². The van der Waals surface area contributed by atoms with Gasteiger partial charge < -0.3 is 9.84 Å². The maximum atomic E-state index is 13.3. The third-order valence-corrected chi connectivity index (χ3v) is 6.36. The van der Waals surface area contributed by atoms with E-state index >= 15 is 0 Å². The van der Waals surface area contributed by atoms with Crippen LogP contribution in [0.5, 0.6) is 5.75 Å². The van der Waals surface area contributed by atoms with Crippen LogP contribution in [0.4, 0.5) is 5.69 Å². The Labute approximate surface area is 192 Å². The van der Waals surface area contributed by atoms with Crippen molar-refractivity contribution in [2.75, 3.05) is 11.5 Å². The second-order valence-corrected chi connectivity index (χ2v) is 8.64. The predicted octanol–water partition coefficient (Wildman–Crippen LogP) is 5.25. The predicted molar refractivity (Wildman–Crippen MR) is 127 cm³/mol. The molecule has 166 valence electrons. The Balaban J connectivity index is 1.72. The standard InChI is InChI=1S/C28H25NO4/c1-17-7-5-9-20(15-17)25-24(26(30)21-12-13-23-19(16-21)10-6-14-33-23)27(31)28(32)29(25)22-11-4-3-8-18(22)2/h3-5,7-9,11-13,15-16,25,30H,6,10,14H2,1-2H3/b26-24-. The van der Waals surface area contributed by atoms with Crippen LogP contribution in [-0.2, 0) is 16.0 Å². The van der Waals surface area contributed by atoms with Crippen molar-refractivity contribution in [3.63, 3.8) is 0 Å². The molecule has 2 heterocycles. The molecule has 1 fully saturated rings. The minimum atomic E-state index is -0.724. The van der Waals surface area contributed by atoms with E-state index in [0.29, 0.717) is 17.9 Å². The number of anilines is 1. The van der Waals surface area contributed by atoms with E-state index in [2.05, 4.69) is 0 Å². The molecular formula is C28H25NO4. The highest BCUT2D eigenvalue weighted by atomic mass is 16.5. The van der Waals surface area contributed by atoms with Gasteiger partial charge in [-0.05, 0) is 67.6 Å². The third kappa shape index (κ3) is 3.59. The average Bonchev–Trinajstić information content (AvgIpc) is 3.09. The fourth-order valence-corrected chi connectivity index (χ4v) is 4.73. The fraction of sp³-hybridized carbons (Fsp3) is 0.214. The lowest BCUT2D eigenvalue weighted by molar-refractivity contribution is -0.132. The van der Waals surface area contributed by atoms with Crippen LogP contribution in [0.15, 0.2) is 72.3 Å². The third-order valence-electron chi connectivity index (χ3n) is 6.36. The molecule has 0 aliphatic carbocycles. The van der Waals surface area contributed by atoms with Gasteiger partial charge in [0.15, 0.2) is 0 Å². The maximum Gasteiger partial charge on any atom is 0.300 e. The van der Waals surface area contributed by atoms with Gasteiger partial charge in [0.05, 0.1) is 18.2 Å². The number of amides is 1. The van der Waals surface area contributed by atoms with Crippen molar-refractivity contribution in [2.45, 2.75) is 32.7 Å². The zero-order chi connectivity index (χ0) is 23.1. The molecule has 5 nitrogen and oxygen atoms in total. The zero-order valence-electron chi connectivity index (χ0n) is 18.7. The van der Waals surface area contributed by atoms with Crippen molar-refractivity contribution in [1.82, 2.24) is 0 Å². The highest BCUT2D eigenvalue weighted by molar-refractivity contribution is 6.51. The molecule has 2 aliphatic heterocycles. The van der Waals surface area contributed by atoms with E-state index < -0.39 is 17.7 Å². The summed E-state index contributed by atoms with van der Waals surface area (Å²) in [7, 11) is 0. The van der Waals surface area contributed by atoms with Crippen LogP contribution in [0.2, 0.25) is 0 Å². The molecule has 33 heavy (non-hydrogen) atoms. The Morgan fingerprint density at radius 1 is 1.00 bits per heavy atom. The molecule has 1 N–H and O–H groups in total. The van der Waals surface area contributed by atoms with Gasteiger partial charge in [0, 0.05) is 11.3 Å². The summed E-state index contributed by atoms with van der Waals surface area (Å²) >= 11 is 0. The van der Waals surface area contributed by atoms with E-state index in [1.165, 1.54) is 4.90 Å². The number of Topliss-reactive ketones (excluding diaryl/α,β-unsaturated/α-hetero) is 1. The Morgan fingerprint density at radius 3 is 2.61 bits per heavy atom. The number of aliphatic hydroxyl groups is 1. The number of para-hydroxylation sites is 1. The van der Waals surface area contributed by atoms with Crippen LogP contribution in [0.25, 0.3) is 5.76 Å². The van der Waals surface area contributed by atoms with Gasteiger partial charge in [-0.2, -0.15) is 0 Å². The first-order valence-electron chi connectivity index (χ1n) is 11.1. The Bertz CT molecular complexity index is 1310. The summed E-state index contributed by atoms with van der Waals surface area (Å²) in [5.74, 6) is -0.687. The summed E-state index contributed by atoms with van der Waals surface area (Å²) in [6.07, 6.45) is 1.74. The van der Waals surface area contributed by atoms with Gasteiger partial charge in [-0.3, -0.25) is 14.5 Å². The number of rotatable bonds is 3. The first-order chi connectivity index (χ1) is 16.0. The molecule has 0 spiro atoms. The molecule has 5 rings (SSSR count). The summed E-state index contributed by atoms with van der Waals surface area (Å²) in [6, 6.07) is 19.9. The first kappa shape index (κ1) is 21.0. The quantitative estimate of drug-likeness (QED) is 0.344. The number of nitrogens with zero attached hydrogens (tertiary/aromatic N) is 1. The number of carbonyl (C=O) groups excluding carboxylic acids is 2. The van der Waals surface area contributed by atoms with E-state index in [1.54, 1.807) is 6.07 Å². The van der Waals surface area contributed by atoms with Crippen molar-refractivity contribution < 1.29 is 19.4 Å². The molecule has 2 aliphatic rings. The van der Waals surface area contributed by atoms with E-state index in [-0.39, 0.29) is 11.3 Å². The molecule has 1 unspecified atom stereocenters. The van der Waals surface area contributed by atoms with Crippen LogP contribution in [-0.4, -0.2) is 23.4 Å². The van der Waals surface area contributed by atoms with Gasteiger partial charge in [0.25, 0.3) is 11.7 Å². The largest absolute Gasteiger partial charge is 0.507 e. The first-order valence-corrected chi connectivity index (χ1v) is 11.1. The van der Waals surface area contributed by atoms with E-state index in [0.717, 1.165) is 40.8 Å². The average molecular weight is 440 g/mol. The molecule has 1 saturated heterocycles. The summed E-state index contributed by atoms with van der Waals surface area (Å²) in [6.45, 7) is 4.55. The molecule has 5 heteroatoms. The molecule has 3 aromatic carbocycles. The topological polar surface area (TPSA) is 66.8 Å². The number of carbonyl (C=O) groups is 2. The smallest absolute Gasteiger partial charge is 0.300 e. The Morgan fingerprint density at radius 2 is 1.82 bits per heavy atom. The van der Waals surface area contributed by atoms with Gasteiger partial charge in [-0.1, -0.05) is 48.0 Å². The number of hydrogen-bond acceptors (Lipinski definition) is 4. The van der Waals surface area contributed by atoms with Crippen LogP contribution in [0.3, 0.4) is 0 Å². The van der Waals surface area contributed by atoms with Crippen LogP contribution in [0.1, 0.15) is 40.3 Å². The summed E-state index contributed by atoms with van der Waals surface area (Å²) in [5, 5.41) is 11.4. The maximum absolute atomic E-state index is 13.3. The van der Waals surface area contributed by atoms with Crippen molar-refractivity contribution in [2.24, 2.45) is 0 Å². The van der Waals surface area contributed by atoms with E-state index in [4.69, 9.17) is 4.74 Å². The zero-order valence-corrected chi connectivity index (χ0v) is 18.7. The minimum absolute atomic E-state index is 0.102. The summed E-state index contributed by atoms with van der Waals surface area (Å²) in [4.78, 5) is 28.2. The number of aryl methyl sites for hydroxylation is 3. The second-order valence-electron chi connectivity index (χ2n) is 8.64. The van der Waals surface area contributed by atoms with Gasteiger partial charge >= 0.3 is 0 Å². The molecule has 0 aromatic heterocycles. The molecule has 0 bridgehead atoms. The Kier molecular flexibility index (Phi) is 5.25. The fourth-order valence-electron chi connectivity index (χ4n) is 4.73. The molecular weight excluding hydrogens is 414 g/mol. The number of benzene rings is 3. The lowest BCUT2D eigenvalue weighted by Crippen LogP contribution is -2.30. The van der Waals surface area contributed by atoms with Crippen LogP contribution in [0, 0.1) is 13.8 Å². The van der Waals surface area contributed by atoms with Crippen LogP contribution >= 0.6 is 0 Å². The number of aliphatic hydroxyl groups excluding tert-OH is 1. The van der Waals surface area contributed by atoms with E-state index in [9.17, 15) is 14.7 Å². The minimum Gasteiger partial charge on any atom is -0.507 e. The van der Waals surface area contributed by atoms with Gasteiger partial charge in [-0.25, -0.2) is 0 Å². The Hall–Kier alpha value is -3.86. The van der Waals surface area contributed by atoms with Gasteiger partial charge in [-0.15, -0.1) is 0 Å². The summed E-state index contributed by atoms with van der Waals surface area (Å²) in [5.41, 5.74) is 4.93. The SMILES string of the molecule is Cc1cccc(C2/C(=C(/O)c3ccc4c(c3)CCCO4)C(=O)C(=O)N2c2ccccc2C)c1. The molecule has 0 saturated carbocycles. The van der Waals surface area contributed by atoms with E-state index in [1.807, 2.05) is 74.5 Å². The molecule has 3 aromatic rings. The van der Waals surface area contributed by atoms with Gasteiger partial charge in [0.1, 0.15) is 11.5 Å². The normalized spacial score (nSPS) is 19.3. The van der Waals surface area contributed by atoms with Crippen molar-refractivity contribution in [1.29, 1.82) is 0 Å². The molecule has 0 radical (unpaired) electrons. The number of hydrogen-bond donors (Lipinski definition) is 1. The lowest BCUT2D eigenvalue weighted by atomic mass is 9.93. The molecule has 1 amide bonds. The number of ether oxygens (including phenoxy) is 1. The monoisotopic (exact) mass is 439 g/mol. The van der Waals surface area contributed by atoms with Crippen molar-refractivity contribution in [3.05, 3.63) is 100 Å². The van der Waals surface area contributed by atoms with Gasteiger partial charge in [0.2, 0.25) is 0 Å².